The Morgan fingerprint density at radius 3 is 2.53 bits per heavy atom. The van der Waals surface area contributed by atoms with Crippen molar-refractivity contribution in [2.45, 2.75) is 32.7 Å². The van der Waals surface area contributed by atoms with E-state index in [9.17, 15) is 5.11 Å². The molecule has 0 bridgehead atoms. The summed E-state index contributed by atoms with van der Waals surface area (Å²) in [5.74, 6) is 0.830. The number of nitrogens with one attached hydrogen (secondary N) is 1. The van der Waals surface area contributed by atoms with Crippen molar-refractivity contribution in [3.8, 4) is 0 Å². The Morgan fingerprint density at radius 2 is 1.95 bits per heavy atom. The van der Waals surface area contributed by atoms with Crippen molar-refractivity contribution in [3.05, 3.63) is 18.5 Å². The zero-order valence-corrected chi connectivity index (χ0v) is 11.8. The zero-order valence-electron chi connectivity index (χ0n) is 11.8. The van der Waals surface area contributed by atoms with E-state index in [-0.39, 0.29) is 12.0 Å². The van der Waals surface area contributed by atoms with Gasteiger partial charge in [-0.15, -0.1) is 0 Å². The maximum atomic E-state index is 9.25. The van der Waals surface area contributed by atoms with Crippen molar-refractivity contribution in [2.75, 3.05) is 31.1 Å². The number of aromatic nitrogens is 2. The lowest BCUT2D eigenvalue weighted by Crippen LogP contribution is -2.46. The molecule has 1 aliphatic rings. The lowest BCUT2D eigenvalue weighted by atomic mass is 9.93. The van der Waals surface area contributed by atoms with E-state index >= 15 is 0 Å². The topological polar surface area (TPSA) is 61.3 Å². The van der Waals surface area contributed by atoms with Gasteiger partial charge < -0.3 is 15.3 Å². The van der Waals surface area contributed by atoms with Gasteiger partial charge in [-0.3, -0.25) is 0 Å². The molecular weight excluding hydrogens is 240 g/mol. The van der Waals surface area contributed by atoms with Gasteiger partial charge in [0.2, 0.25) is 5.95 Å². The summed E-state index contributed by atoms with van der Waals surface area (Å²) < 4.78 is 0. The molecule has 1 aromatic rings. The fraction of sp³-hybridized carbons (Fsp3) is 0.714. The number of aliphatic hydroxyl groups excluding tert-OH is 1. The van der Waals surface area contributed by atoms with E-state index < -0.39 is 0 Å². The van der Waals surface area contributed by atoms with Gasteiger partial charge >= 0.3 is 0 Å². The van der Waals surface area contributed by atoms with Crippen LogP contribution in [0.5, 0.6) is 0 Å². The molecule has 0 unspecified atom stereocenters. The second-order valence-electron chi connectivity index (χ2n) is 6.01. The number of aliphatic hydroxyl groups is 1. The molecule has 0 atom stereocenters. The molecule has 19 heavy (non-hydrogen) atoms. The molecule has 0 amide bonds. The zero-order chi connectivity index (χ0) is 13.7. The van der Waals surface area contributed by atoms with E-state index in [0.29, 0.717) is 6.04 Å². The third-order valence-corrected chi connectivity index (χ3v) is 3.63. The van der Waals surface area contributed by atoms with Gasteiger partial charge in [-0.1, -0.05) is 13.8 Å². The van der Waals surface area contributed by atoms with Crippen LogP contribution in [-0.2, 0) is 0 Å². The number of hydrogen-bond donors (Lipinski definition) is 2. The average molecular weight is 264 g/mol. The first-order valence-electron chi connectivity index (χ1n) is 6.97. The van der Waals surface area contributed by atoms with Crippen LogP contribution in [0, 0.1) is 5.41 Å². The van der Waals surface area contributed by atoms with Gasteiger partial charge in [0.05, 0.1) is 0 Å². The summed E-state index contributed by atoms with van der Waals surface area (Å²) in [6.07, 6.45) is 5.77. The van der Waals surface area contributed by atoms with Crippen LogP contribution in [0.1, 0.15) is 26.7 Å². The summed E-state index contributed by atoms with van der Waals surface area (Å²) in [7, 11) is 0. The first-order valence-corrected chi connectivity index (χ1v) is 6.97. The normalized spacial score (nSPS) is 17.7. The highest BCUT2D eigenvalue weighted by atomic mass is 16.3. The molecule has 1 fully saturated rings. The Kier molecular flexibility index (Phi) is 4.71. The highest BCUT2D eigenvalue weighted by Crippen LogP contribution is 2.17. The minimum absolute atomic E-state index is 0.0420. The van der Waals surface area contributed by atoms with Crippen molar-refractivity contribution in [3.63, 3.8) is 0 Å². The van der Waals surface area contributed by atoms with Gasteiger partial charge in [0.25, 0.3) is 0 Å². The summed E-state index contributed by atoms with van der Waals surface area (Å²) in [6, 6.07) is 2.38. The van der Waals surface area contributed by atoms with Crippen molar-refractivity contribution in [2.24, 2.45) is 5.41 Å². The summed E-state index contributed by atoms with van der Waals surface area (Å²) in [5.41, 5.74) is -0.0420. The maximum Gasteiger partial charge on any atom is 0.225 e. The minimum Gasteiger partial charge on any atom is -0.396 e. The molecule has 0 aromatic carbocycles. The Balaban J connectivity index is 1.77. The molecule has 0 radical (unpaired) electrons. The van der Waals surface area contributed by atoms with Crippen LogP contribution in [0.2, 0.25) is 0 Å². The van der Waals surface area contributed by atoms with E-state index in [2.05, 4.69) is 34.0 Å². The SMILES string of the molecule is CC(C)(CO)CNC1CCN(c2ncccn2)CC1. The largest absolute Gasteiger partial charge is 0.396 e. The Hall–Kier alpha value is -1.20. The molecule has 2 N–H and O–H groups in total. The molecule has 5 heteroatoms. The minimum atomic E-state index is -0.0420. The number of piperidine rings is 1. The molecule has 106 valence electrons. The van der Waals surface area contributed by atoms with Gasteiger partial charge in [0, 0.05) is 50.1 Å². The van der Waals surface area contributed by atoms with Gasteiger partial charge in [0.15, 0.2) is 0 Å². The predicted octanol–water partition coefficient (Wildman–Crippen LogP) is 1.05. The van der Waals surface area contributed by atoms with Gasteiger partial charge in [-0.25, -0.2) is 9.97 Å². The molecule has 1 aromatic heterocycles. The monoisotopic (exact) mass is 264 g/mol. The molecular formula is C14H24N4O. The Labute approximate surface area is 115 Å². The lowest BCUT2D eigenvalue weighted by Gasteiger charge is -2.34. The van der Waals surface area contributed by atoms with Gasteiger partial charge in [0.1, 0.15) is 0 Å². The van der Waals surface area contributed by atoms with Gasteiger partial charge in [-0.05, 0) is 18.9 Å². The quantitative estimate of drug-likeness (QED) is 0.832. The van der Waals surface area contributed by atoms with Crippen molar-refractivity contribution >= 4 is 5.95 Å². The van der Waals surface area contributed by atoms with Crippen LogP contribution < -0.4 is 10.2 Å². The second kappa shape index (κ2) is 6.30. The molecule has 0 saturated carbocycles. The van der Waals surface area contributed by atoms with E-state index in [1.165, 1.54) is 0 Å². The summed E-state index contributed by atoms with van der Waals surface area (Å²) in [5, 5.41) is 12.8. The van der Waals surface area contributed by atoms with Crippen LogP contribution in [0.4, 0.5) is 5.95 Å². The van der Waals surface area contributed by atoms with Gasteiger partial charge in [-0.2, -0.15) is 0 Å². The predicted molar refractivity (Wildman–Crippen MR) is 76.1 cm³/mol. The van der Waals surface area contributed by atoms with E-state index in [1.54, 1.807) is 12.4 Å². The van der Waals surface area contributed by atoms with Crippen LogP contribution >= 0.6 is 0 Å². The van der Waals surface area contributed by atoms with Crippen LogP contribution in [0.15, 0.2) is 18.5 Å². The molecule has 1 aliphatic heterocycles. The molecule has 0 spiro atoms. The Morgan fingerprint density at radius 1 is 1.32 bits per heavy atom. The fourth-order valence-electron chi connectivity index (χ4n) is 2.21. The summed E-state index contributed by atoms with van der Waals surface area (Å²) >= 11 is 0. The molecule has 0 aliphatic carbocycles. The van der Waals surface area contributed by atoms with Crippen molar-refractivity contribution in [1.29, 1.82) is 0 Å². The molecule has 1 saturated heterocycles. The first-order chi connectivity index (χ1) is 9.11. The standard InChI is InChI=1S/C14H24N4O/c1-14(2,11-19)10-17-12-4-8-18(9-5-12)13-15-6-3-7-16-13/h3,6-7,12,17,19H,4-5,8-11H2,1-2H3. The van der Waals surface area contributed by atoms with Crippen molar-refractivity contribution in [1.82, 2.24) is 15.3 Å². The van der Waals surface area contributed by atoms with E-state index in [1.807, 2.05) is 6.07 Å². The van der Waals surface area contributed by atoms with E-state index in [0.717, 1.165) is 38.4 Å². The first kappa shape index (κ1) is 14.2. The highest BCUT2D eigenvalue weighted by molar-refractivity contribution is 5.29. The third-order valence-electron chi connectivity index (χ3n) is 3.63. The van der Waals surface area contributed by atoms with Crippen LogP contribution in [0.25, 0.3) is 0 Å². The van der Waals surface area contributed by atoms with Crippen LogP contribution in [0.3, 0.4) is 0 Å². The number of hydrogen-bond acceptors (Lipinski definition) is 5. The molecule has 2 rings (SSSR count). The number of anilines is 1. The van der Waals surface area contributed by atoms with Crippen LogP contribution in [-0.4, -0.2) is 47.4 Å². The lowest BCUT2D eigenvalue weighted by molar-refractivity contribution is 0.151. The Bertz CT molecular complexity index is 374. The average Bonchev–Trinajstić information content (AvgIpc) is 2.47. The fourth-order valence-corrected chi connectivity index (χ4v) is 2.21. The van der Waals surface area contributed by atoms with E-state index in [4.69, 9.17) is 0 Å². The second-order valence-corrected chi connectivity index (χ2v) is 6.01. The highest BCUT2D eigenvalue weighted by Gasteiger charge is 2.23. The number of nitrogens with zero attached hydrogens (tertiary/aromatic N) is 3. The molecule has 5 nitrogen and oxygen atoms in total. The summed E-state index contributed by atoms with van der Waals surface area (Å²) in [4.78, 5) is 10.8. The maximum absolute atomic E-state index is 9.25. The van der Waals surface area contributed by atoms with Crippen molar-refractivity contribution < 1.29 is 5.11 Å². The number of rotatable bonds is 5. The summed E-state index contributed by atoms with van der Waals surface area (Å²) in [6.45, 7) is 7.20. The smallest absolute Gasteiger partial charge is 0.225 e. The molecule has 2 heterocycles. The third kappa shape index (κ3) is 4.14.